The first kappa shape index (κ1) is 21.7. The lowest BCUT2D eigenvalue weighted by atomic mass is 9.99. The van der Waals surface area contributed by atoms with Gasteiger partial charge in [0.05, 0.1) is 18.8 Å². The summed E-state index contributed by atoms with van der Waals surface area (Å²) in [6.07, 6.45) is 0. The number of hydrogen-bond acceptors (Lipinski definition) is 7. The molecule has 8 nitrogen and oxygen atoms in total. The van der Waals surface area contributed by atoms with E-state index in [-0.39, 0.29) is 24.9 Å². The van der Waals surface area contributed by atoms with E-state index in [2.05, 4.69) is 53.7 Å². The van der Waals surface area contributed by atoms with E-state index in [0.29, 0.717) is 16.7 Å². The Hall–Kier alpha value is -3.04. The molecule has 2 N–H and O–H groups in total. The lowest BCUT2D eigenvalue weighted by molar-refractivity contribution is -0.119. The summed E-state index contributed by atoms with van der Waals surface area (Å²) in [6, 6.07) is 5.89. The number of hydrogen-bond donors (Lipinski definition) is 2. The first-order valence-electron chi connectivity index (χ1n) is 9.46. The summed E-state index contributed by atoms with van der Waals surface area (Å²) in [7, 11) is 1.69. The second-order valence-corrected chi connectivity index (χ2v) is 8.24. The second-order valence-electron chi connectivity index (χ2n) is 7.38. The summed E-state index contributed by atoms with van der Waals surface area (Å²) in [5.74, 6) is 0.449. The molecule has 30 heavy (non-hydrogen) atoms. The first-order valence-corrected chi connectivity index (χ1v) is 10.3. The summed E-state index contributed by atoms with van der Waals surface area (Å²) in [5.41, 5.74) is 5.49. The number of aromatic nitrogens is 2. The van der Waals surface area contributed by atoms with E-state index in [1.54, 1.807) is 24.9 Å². The van der Waals surface area contributed by atoms with Gasteiger partial charge in [0.15, 0.2) is 10.9 Å². The quantitative estimate of drug-likeness (QED) is 0.598. The maximum Gasteiger partial charge on any atom is 0.240 e. The van der Waals surface area contributed by atoms with Crippen LogP contribution in [0.2, 0.25) is 0 Å². The lowest BCUT2D eigenvalue weighted by Gasteiger charge is -2.14. The SMILES string of the molecule is Cc1cc(NC(=O)CN(C)CC(=O)Nc2nc(-c3cc(C)c(C)cc3C)cs2)no1. The molecule has 3 aromatic rings. The molecule has 0 spiro atoms. The van der Waals surface area contributed by atoms with Crippen LogP contribution in [0, 0.1) is 27.7 Å². The van der Waals surface area contributed by atoms with Crippen LogP contribution in [-0.4, -0.2) is 47.0 Å². The number of thiazole rings is 1. The molecule has 0 atom stereocenters. The van der Waals surface area contributed by atoms with Crippen molar-refractivity contribution in [3.8, 4) is 11.3 Å². The number of rotatable bonds is 7. The number of benzene rings is 1. The van der Waals surface area contributed by atoms with E-state index < -0.39 is 0 Å². The number of amides is 2. The Kier molecular flexibility index (Phi) is 6.63. The van der Waals surface area contributed by atoms with Crippen LogP contribution in [0.15, 0.2) is 28.1 Å². The minimum Gasteiger partial charge on any atom is -0.360 e. The molecule has 0 saturated heterocycles. The number of carbonyl (C=O) groups excluding carboxylic acids is 2. The van der Waals surface area contributed by atoms with Gasteiger partial charge in [-0.05, 0) is 57.5 Å². The fourth-order valence-corrected chi connectivity index (χ4v) is 3.73. The molecule has 1 aromatic carbocycles. The molecule has 0 radical (unpaired) electrons. The van der Waals surface area contributed by atoms with E-state index in [9.17, 15) is 9.59 Å². The number of likely N-dealkylation sites (N-methyl/N-ethyl adjacent to an activating group) is 1. The average Bonchev–Trinajstić information content (AvgIpc) is 3.26. The molecule has 0 unspecified atom stereocenters. The van der Waals surface area contributed by atoms with Crippen molar-refractivity contribution in [2.45, 2.75) is 27.7 Å². The Bertz CT molecular complexity index is 1070. The fraction of sp³-hybridized carbons (Fsp3) is 0.333. The number of anilines is 2. The Morgan fingerprint density at radius 2 is 1.67 bits per heavy atom. The van der Waals surface area contributed by atoms with Gasteiger partial charge >= 0.3 is 0 Å². The van der Waals surface area contributed by atoms with Crippen molar-refractivity contribution in [2.24, 2.45) is 0 Å². The number of carbonyl (C=O) groups is 2. The smallest absolute Gasteiger partial charge is 0.240 e. The van der Waals surface area contributed by atoms with Crippen LogP contribution >= 0.6 is 11.3 Å². The molecule has 2 heterocycles. The van der Waals surface area contributed by atoms with Crippen molar-refractivity contribution in [3.05, 3.63) is 46.0 Å². The van der Waals surface area contributed by atoms with Crippen LogP contribution in [0.4, 0.5) is 10.9 Å². The molecule has 3 rings (SSSR count). The van der Waals surface area contributed by atoms with E-state index >= 15 is 0 Å². The van der Waals surface area contributed by atoms with Gasteiger partial charge in [0.1, 0.15) is 5.76 Å². The van der Waals surface area contributed by atoms with Crippen LogP contribution in [0.1, 0.15) is 22.5 Å². The van der Waals surface area contributed by atoms with Gasteiger partial charge in [0, 0.05) is 17.0 Å². The van der Waals surface area contributed by atoms with Crippen molar-refractivity contribution in [1.82, 2.24) is 15.0 Å². The lowest BCUT2D eigenvalue weighted by Crippen LogP contribution is -2.36. The third kappa shape index (κ3) is 5.52. The van der Waals surface area contributed by atoms with Gasteiger partial charge in [-0.3, -0.25) is 14.5 Å². The second kappa shape index (κ2) is 9.19. The summed E-state index contributed by atoms with van der Waals surface area (Å²) in [4.78, 5) is 30.5. The van der Waals surface area contributed by atoms with Crippen LogP contribution in [-0.2, 0) is 9.59 Å². The minimum absolute atomic E-state index is 0.0459. The normalized spacial score (nSPS) is 11.0. The maximum absolute atomic E-state index is 12.3. The van der Waals surface area contributed by atoms with Gasteiger partial charge in [-0.1, -0.05) is 11.2 Å². The Morgan fingerprint density at radius 1 is 1.00 bits per heavy atom. The number of aryl methyl sites for hydroxylation is 4. The van der Waals surface area contributed by atoms with Crippen molar-refractivity contribution in [3.63, 3.8) is 0 Å². The molecule has 2 aromatic heterocycles. The van der Waals surface area contributed by atoms with Gasteiger partial charge in [0.25, 0.3) is 0 Å². The highest BCUT2D eigenvalue weighted by Crippen LogP contribution is 2.29. The molecule has 0 bridgehead atoms. The van der Waals surface area contributed by atoms with E-state index in [4.69, 9.17) is 4.52 Å². The maximum atomic E-state index is 12.3. The molecular weight excluding hydrogens is 402 g/mol. The molecule has 0 aliphatic carbocycles. The minimum atomic E-state index is -0.277. The zero-order valence-corrected chi connectivity index (χ0v) is 18.5. The van der Waals surface area contributed by atoms with Crippen molar-refractivity contribution in [2.75, 3.05) is 30.8 Å². The molecule has 0 aliphatic rings. The highest BCUT2D eigenvalue weighted by Gasteiger charge is 2.15. The molecule has 2 amide bonds. The molecule has 0 saturated carbocycles. The topological polar surface area (TPSA) is 100 Å². The standard InChI is InChI=1S/C21H25N5O3S/c1-12-6-14(3)16(7-13(12)2)17-11-30-21(22-17)24-20(28)10-26(5)9-19(27)23-18-8-15(4)29-25-18/h6-8,11H,9-10H2,1-5H3,(H,22,24,28)(H,23,25,27). The van der Waals surface area contributed by atoms with Crippen molar-refractivity contribution >= 4 is 34.1 Å². The number of nitrogens with zero attached hydrogens (tertiary/aromatic N) is 3. The Balaban J connectivity index is 1.54. The van der Waals surface area contributed by atoms with Crippen LogP contribution in [0.5, 0.6) is 0 Å². The molecule has 9 heteroatoms. The third-order valence-corrected chi connectivity index (χ3v) is 5.35. The summed E-state index contributed by atoms with van der Waals surface area (Å²) >= 11 is 1.38. The third-order valence-electron chi connectivity index (χ3n) is 4.59. The zero-order valence-electron chi connectivity index (χ0n) is 17.7. The van der Waals surface area contributed by atoms with Gasteiger partial charge in [-0.2, -0.15) is 0 Å². The summed E-state index contributed by atoms with van der Waals surface area (Å²) in [6.45, 7) is 8.06. The fourth-order valence-electron chi connectivity index (χ4n) is 3.00. The van der Waals surface area contributed by atoms with Crippen LogP contribution in [0.3, 0.4) is 0 Å². The average molecular weight is 428 g/mol. The highest BCUT2D eigenvalue weighted by molar-refractivity contribution is 7.14. The van der Waals surface area contributed by atoms with Crippen LogP contribution in [0.25, 0.3) is 11.3 Å². The Labute approximate surface area is 179 Å². The predicted molar refractivity (Wildman–Crippen MR) is 118 cm³/mol. The van der Waals surface area contributed by atoms with E-state index in [1.807, 2.05) is 5.38 Å². The highest BCUT2D eigenvalue weighted by atomic mass is 32.1. The van der Waals surface area contributed by atoms with Gasteiger partial charge in [0.2, 0.25) is 11.8 Å². The molecule has 0 fully saturated rings. The summed E-state index contributed by atoms with van der Waals surface area (Å²) in [5, 5.41) is 11.6. The zero-order chi connectivity index (χ0) is 21.8. The van der Waals surface area contributed by atoms with Gasteiger partial charge in [-0.15, -0.1) is 11.3 Å². The molecule has 158 valence electrons. The first-order chi connectivity index (χ1) is 14.2. The predicted octanol–water partition coefficient (Wildman–Crippen LogP) is 3.54. The van der Waals surface area contributed by atoms with E-state index in [0.717, 1.165) is 16.8 Å². The summed E-state index contributed by atoms with van der Waals surface area (Å²) < 4.78 is 4.91. The van der Waals surface area contributed by atoms with Gasteiger partial charge in [-0.25, -0.2) is 4.98 Å². The molecule has 0 aliphatic heterocycles. The van der Waals surface area contributed by atoms with Crippen molar-refractivity contribution < 1.29 is 14.1 Å². The largest absolute Gasteiger partial charge is 0.360 e. The molecular formula is C21H25N5O3S. The monoisotopic (exact) mass is 427 g/mol. The van der Waals surface area contributed by atoms with Crippen LogP contribution < -0.4 is 10.6 Å². The van der Waals surface area contributed by atoms with Gasteiger partial charge < -0.3 is 15.2 Å². The Morgan fingerprint density at radius 3 is 2.33 bits per heavy atom. The number of nitrogens with one attached hydrogen (secondary N) is 2. The van der Waals surface area contributed by atoms with E-state index in [1.165, 1.54) is 22.5 Å². The van der Waals surface area contributed by atoms with Crippen molar-refractivity contribution in [1.29, 1.82) is 0 Å².